The van der Waals surface area contributed by atoms with Crippen LogP contribution >= 0.6 is 23.1 Å². The Morgan fingerprint density at radius 3 is 2.87 bits per heavy atom. The minimum absolute atomic E-state index is 0.0591. The molecule has 3 rings (SSSR count). The Labute approximate surface area is 142 Å². The Bertz CT molecular complexity index is 870. The van der Waals surface area contributed by atoms with E-state index in [1.54, 1.807) is 22.3 Å². The van der Waals surface area contributed by atoms with Gasteiger partial charge in [-0.3, -0.25) is 9.48 Å². The highest BCUT2D eigenvalue weighted by Gasteiger charge is 2.20. The normalized spacial score (nSPS) is 12.5. The van der Waals surface area contributed by atoms with Gasteiger partial charge in [-0.2, -0.15) is 5.10 Å². The molecule has 3 aromatic rings. The topological polar surface area (TPSA) is 72.7 Å². The first kappa shape index (κ1) is 15.9. The van der Waals surface area contributed by atoms with Gasteiger partial charge in [-0.05, 0) is 32.2 Å². The zero-order valence-electron chi connectivity index (χ0n) is 13.3. The fourth-order valence-corrected chi connectivity index (χ4v) is 3.96. The molecular formula is C15H17N5OS2. The monoisotopic (exact) mass is 347 g/mol. The average Bonchev–Trinajstić information content (AvgIpc) is 3.08. The van der Waals surface area contributed by atoms with Crippen LogP contribution in [0.25, 0.3) is 10.2 Å². The highest BCUT2D eigenvalue weighted by molar-refractivity contribution is 8.00. The van der Waals surface area contributed by atoms with Crippen LogP contribution in [0.2, 0.25) is 0 Å². The average molecular weight is 347 g/mol. The maximum absolute atomic E-state index is 12.5. The fraction of sp³-hybridized carbons (Fsp3) is 0.333. The second-order valence-corrected chi connectivity index (χ2v) is 7.46. The summed E-state index contributed by atoms with van der Waals surface area (Å²) in [6.45, 7) is 5.70. The molecule has 0 saturated carbocycles. The largest absolute Gasteiger partial charge is 0.322 e. The summed E-state index contributed by atoms with van der Waals surface area (Å²) in [6, 6.07) is 1.99. The second kappa shape index (κ2) is 6.29. The number of aryl methyl sites for hydroxylation is 2. The van der Waals surface area contributed by atoms with E-state index in [0.29, 0.717) is 0 Å². The van der Waals surface area contributed by atoms with Crippen LogP contribution in [-0.4, -0.2) is 30.9 Å². The lowest BCUT2D eigenvalue weighted by molar-refractivity contribution is -0.115. The number of hydrogen-bond acceptors (Lipinski definition) is 6. The Hall–Kier alpha value is -1.93. The summed E-state index contributed by atoms with van der Waals surface area (Å²) in [6.07, 6.45) is 1.54. The molecule has 23 heavy (non-hydrogen) atoms. The molecule has 0 aliphatic carbocycles. The molecule has 1 amide bonds. The third-order valence-electron chi connectivity index (χ3n) is 3.64. The van der Waals surface area contributed by atoms with Crippen LogP contribution in [0.15, 0.2) is 22.8 Å². The molecule has 0 aliphatic rings. The number of carbonyl (C=O) groups is 1. The van der Waals surface area contributed by atoms with Crippen molar-refractivity contribution < 1.29 is 4.79 Å². The van der Waals surface area contributed by atoms with Gasteiger partial charge in [0, 0.05) is 12.4 Å². The van der Waals surface area contributed by atoms with Crippen LogP contribution in [0.3, 0.4) is 0 Å². The van der Waals surface area contributed by atoms with Gasteiger partial charge < -0.3 is 5.32 Å². The number of fused-ring (bicyclic) bond motifs is 1. The number of aromatic nitrogens is 4. The second-order valence-electron chi connectivity index (χ2n) is 5.24. The van der Waals surface area contributed by atoms with Gasteiger partial charge in [-0.25, -0.2) is 9.97 Å². The molecule has 0 unspecified atom stereocenters. The minimum Gasteiger partial charge on any atom is -0.322 e. The van der Waals surface area contributed by atoms with E-state index in [1.165, 1.54) is 11.8 Å². The highest BCUT2D eigenvalue weighted by atomic mass is 32.2. The van der Waals surface area contributed by atoms with Crippen LogP contribution in [-0.2, 0) is 11.8 Å². The van der Waals surface area contributed by atoms with E-state index in [4.69, 9.17) is 0 Å². The predicted molar refractivity (Wildman–Crippen MR) is 94.0 cm³/mol. The molecule has 3 aromatic heterocycles. The van der Waals surface area contributed by atoms with Gasteiger partial charge in [-0.15, -0.1) is 11.3 Å². The van der Waals surface area contributed by atoms with E-state index in [0.717, 1.165) is 32.3 Å². The lowest BCUT2D eigenvalue weighted by Crippen LogP contribution is -2.23. The first-order valence-corrected chi connectivity index (χ1v) is 8.89. The third kappa shape index (κ3) is 3.09. The summed E-state index contributed by atoms with van der Waals surface area (Å²) < 4.78 is 1.77. The number of thioether (sulfide) groups is 1. The number of hydrogen-bond donors (Lipinski definition) is 1. The zero-order valence-corrected chi connectivity index (χ0v) is 15.0. The smallest absolute Gasteiger partial charge is 0.237 e. The number of carbonyl (C=O) groups excluding carboxylic acids is 1. The van der Waals surface area contributed by atoms with Crippen molar-refractivity contribution in [3.05, 3.63) is 29.2 Å². The van der Waals surface area contributed by atoms with Crippen molar-refractivity contribution in [1.82, 2.24) is 19.7 Å². The number of nitrogens with one attached hydrogen (secondary N) is 1. The summed E-state index contributed by atoms with van der Waals surface area (Å²) >= 11 is 3.01. The van der Waals surface area contributed by atoms with E-state index in [1.807, 2.05) is 39.3 Å². The maximum atomic E-state index is 12.5. The number of nitrogens with zero attached hydrogens (tertiary/aromatic N) is 4. The van der Waals surface area contributed by atoms with Crippen molar-refractivity contribution >= 4 is 44.9 Å². The molecule has 0 fully saturated rings. The standard InChI is InChI=1S/C15H17N5OS2/c1-8-12(9(2)20(4)19-8)18-13(21)10(3)23-15-11-5-6-22-14(11)16-7-17-15/h5-7,10H,1-4H3,(H,18,21)/t10-/m1/s1. The fourth-order valence-electron chi connectivity index (χ4n) is 2.26. The van der Waals surface area contributed by atoms with E-state index in [-0.39, 0.29) is 11.2 Å². The summed E-state index contributed by atoms with van der Waals surface area (Å²) in [5, 5.41) is 10.8. The van der Waals surface area contributed by atoms with Gasteiger partial charge in [0.25, 0.3) is 0 Å². The summed E-state index contributed by atoms with van der Waals surface area (Å²) in [4.78, 5) is 22.0. The van der Waals surface area contributed by atoms with Gasteiger partial charge >= 0.3 is 0 Å². The van der Waals surface area contributed by atoms with Crippen molar-refractivity contribution in [2.24, 2.45) is 7.05 Å². The van der Waals surface area contributed by atoms with Crippen molar-refractivity contribution in [2.45, 2.75) is 31.0 Å². The molecule has 0 bridgehead atoms. The molecule has 0 spiro atoms. The van der Waals surface area contributed by atoms with Crippen molar-refractivity contribution in [3.8, 4) is 0 Å². The summed E-state index contributed by atoms with van der Waals surface area (Å²) in [5.41, 5.74) is 2.54. The lowest BCUT2D eigenvalue weighted by Gasteiger charge is -2.12. The lowest BCUT2D eigenvalue weighted by atomic mass is 10.3. The van der Waals surface area contributed by atoms with Crippen LogP contribution in [0.1, 0.15) is 18.3 Å². The van der Waals surface area contributed by atoms with Crippen LogP contribution in [0.4, 0.5) is 5.69 Å². The van der Waals surface area contributed by atoms with E-state index in [9.17, 15) is 4.79 Å². The van der Waals surface area contributed by atoms with Gasteiger partial charge in [0.05, 0.1) is 22.3 Å². The van der Waals surface area contributed by atoms with Crippen molar-refractivity contribution in [2.75, 3.05) is 5.32 Å². The van der Waals surface area contributed by atoms with Gasteiger partial charge in [-0.1, -0.05) is 11.8 Å². The maximum Gasteiger partial charge on any atom is 0.237 e. The molecule has 120 valence electrons. The molecule has 1 atom stereocenters. The van der Waals surface area contributed by atoms with Gasteiger partial charge in [0.1, 0.15) is 16.2 Å². The Morgan fingerprint density at radius 2 is 2.17 bits per heavy atom. The minimum atomic E-state index is -0.271. The van der Waals surface area contributed by atoms with E-state index in [2.05, 4.69) is 20.4 Å². The molecule has 6 nitrogen and oxygen atoms in total. The van der Waals surface area contributed by atoms with Crippen LogP contribution in [0, 0.1) is 13.8 Å². The number of anilines is 1. The zero-order chi connectivity index (χ0) is 16.6. The van der Waals surface area contributed by atoms with Gasteiger partial charge in [0.15, 0.2) is 0 Å². The first-order chi connectivity index (χ1) is 11.0. The number of thiophene rings is 1. The SMILES string of the molecule is Cc1nn(C)c(C)c1NC(=O)[C@@H](C)Sc1ncnc2sccc12. The van der Waals surface area contributed by atoms with Crippen molar-refractivity contribution in [1.29, 1.82) is 0 Å². The van der Waals surface area contributed by atoms with Crippen molar-refractivity contribution in [3.63, 3.8) is 0 Å². The van der Waals surface area contributed by atoms with E-state index < -0.39 is 0 Å². The Kier molecular flexibility index (Phi) is 4.36. The number of amides is 1. The van der Waals surface area contributed by atoms with E-state index >= 15 is 0 Å². The number of rotatable bonds is 4. The molecule has 0 saturated heterocycles. The molecule has 0 aliphatic heterocycles. The highest BCUT2D eigenvalue weighted by Crippen LogP contribution is 2.31. The van der Waals surface area contributed by atoms with Crippen LogP contribution in [0.5, 0.6) is 0 Å². The first-order valence-electron chi connectivity index (χ1n) is 7.13. The molecule has 0 radical (unpaired) electrons. The summed E-state index contributed by atoms with van der Waals surface area (Å²) in [7, 11) is 1.87. The Morgan fingerprint density at radius 1 is 1.39 bits per heavy atom. The molecule has 1 N–H and O–H groups in total. The molecule has 3 heterocycles. The molecule has 8 heteroatoms. The predicted octanol–water partition coefficient (Wildman–Crippen LogP) is 3.16. The quantitative estimate of drug-likeness (QED) is 0.580. The summed E-state index contributed by atoms with van der Waals surface area (Å²) in [5.74, 6) is -0.0591. The molecular weight excluding hydrogens is 330 g/mol. The third-order valence-corrected chi connectivity index (χ3v) is 5.58. The Balaban J connectivity index is 1.76. The van der Waals surface area contributed by atoms with Crippen LogP contribution < -0.4 is 5.32 Å². The van der Waals surface area contributed by atoms with Gasteiger partial charge in [0.2, 0.25) is 5.91 Å². The molecule has 0 aromatic carbocycles.